The zero-order valence-corrected chi connectivity index (χ0v) is 8.38. The Labute approximate surface area is 88.3 Å². The second-order valence-electron chi connectivity index (χ2n) is 2.91. The highest BCUT2D eigenvalue weighted by Gasteiger charge is 2.02. The Kier molecular flexibility index (Phi) is 3.98. The van der Waals surface area contributed by atoms with Gasteiger partial charge in [0.05, 0.1) is 18.6 Å². The molecule has 0 aliphatic rings. The van der Waals surface area contributed by atoms with Crippen molar-refractivity contribution in [3.63, 3.8) is 0 Å². The van der Waals surface area contributed by atoms with Crippen molar-refractivity contribution in [2.45, 2.75) is 19.3 Å². The zero-order valence-electron chi connectivity index (χ0n) is 7.63. The minimum atomic E-state index is 0.373. The molecule has 2 nitrogen and oxygen atoms in total. The van der Waals surface area contributed by atoms with Gasteiger partial charge < -0.3 is 0 Å². The van der Waals surface area contributed by atoms with Gasteiger partial charge in [-0.1, -0.05) is 17.7 Å². The van der Waals surface area contributed by atoms with Crippen molar-refractivity contribution < 1.29 is 0 Å². The number of nitrogens with zero attached hydrogens (tertiary/aromatic N) is 2. The summed E-state index contributed by atoms with van der Waals surface area (Å²) < 4.78 is 0. The van der Waals surface area contributed by atoms with Crippen LogP contribution in [0, 0.1) is 22.7 Å². The van der Waals surface area contributed by atoms with Crippen molar-refractivity contribution >= 4 is 11.6 Å². The number of hydrogen-bond acceptors (Lipinski definition) is 2. The Morgan fingerprint density at radius 3 is 2.57 bits per heavy atom. The summed E-state index contributed by atoms with van der Waals surface area (Å²) in [7, 11) is 0. The molecule has 0 fully saturated rings. The normalized spacial score (nSPS) is 9.07. The highest BCUT2D eigenvalue weighted by molar-refractivity contribution is 6.30. The van der Waals surface area contributed by atoms with Crippen LogP contribution in [0.15, 0.2) is 18.2 Å². The van der Waals surface area contributed by atoms with Crippen molar-refractivity contribution in [3.8, 4) is 12.1 Å². The lowest BCUT2D eigenvalue weighted by atomic mass is 10.0. The average molecular weight is 205 g/mol. The molecule has 0 saturated carbocycles. The Morgan fingerprint density at radius 2 is 1.93 bits per heavy atom. The fraction of sp³-hybridized carbons (Fsp3) is 0.273. The van der Waals surface area contributed by atoms with E-state index in [2.05, 4.69) is 12.1 Å². The minimum Gasteiger partial charge on any atom is -0.198 e. The molecular weight excluding hydrogens is 196 g/mol. The molecule has 0 aromatic heterocycles. The monoisotopic (exact) mass is 204 g/mol. The Morgan fingerprint density at radius 1 is 1.14 bits per heavy atom. The first-order valence-corrected chi connectivity index (χ1v) is 4.67. The van der Waals surface area contributed by atoms with E-state index >= 15 is 0 Å². The van der Waals surface area contributed by atoms with Gasteiger partial charge in [0, 0.05) is 11.4 Å². The van der Waals surface area contributed by atoms with Gasteiger partial charge in [0.1, 0.15) is 0 Å². The molecule has 1 aromatic carbocycles. The molecule has 0 amide bonds. The maximum atomic E-state index is 8.59. The van der Waals surface area contributed by atoms with Crippen LogP contribution in [0.4, 0.5) is 0 Å². The van der Waals surface area contributed by atoms with Gasteiger partial charge >= 0.3 is 0 Å². The van der Waals surface area contributed by atoms with E-state index in [0.717, 1.165) is 11.1 Å². The molecule has 0 N–H and O–H groups in total. The second-order valence-corrected chi connectivity index (χ2v) is 3.34. The molecule has 0 bridgehead atoms. The molecule has 1 aromatic rings. The first-order valence-electron chi connectivity index (χ1n) is 4.29. The molecule has 1 rings (SSSR count). The van der Waals surface area contributed by atoms with Gasteiger partial charge in [-0.05, 0) is 29.7 Å². The van der Waals surface area contributed by atoms with Gasteiger partial charge in [0.25, 0.3) is 0 Å². The summed E-state index contributed by atoms with van der Waals surface area (Å²) in [4.78, 5) is 0. The molecule has 0 aliphatic carbocycles. The Bertz CT molecular complexity index is 399. The summed E-state index contributed by atoms with van der Waals surface area (Å²) in [5, 5.41) is 17.7. The molecule has 3 heteroatoms. The highest BCUT2D eigenvalue weighted by Crippen LogP contribution is 2.17. The van der Waals surface area contributed by atoms with Crippen LogP contribution in [-0.4, -0.2) is 0 Å². The van der Waals surface area contributed by atoms with E-state index < -0.39 is 0 Å². The van der Waals surface area contributed by atoms with E-state index in [1.807, 2.05) is 12.1 Å². The smallest absolute Gasteiger partial charge is 0.0669 e. The first-order chi connectivity index (χ1) is 6.77. The number of rotatable bonds is 3. The third-order valence-corrected chi connectivity index (χ3v) is 2.18. The average Bonchev–Trinajstić information content (AvgIpc) is 2.18. The third kappa shape index (κ3) is 2.76. The van der Waals surface area contributed by atoms with Crippen molar-refractivity contribution in [2.24, 2.45) is 0 Å². The van der Waals surface area contributed by atoms with E-state index in [1.54, 1.807) is 6.07 Å². The van der Waals surface area contributed by atoms with E-state index in [0.29, 0.717) is 24.3 Å². The standard InChI is InChI=1S/C11H9ClN2/c12-11-4-3-9(5-7-14)10(8-11)2-1-6-13/h3-4,8H,1-2,5H2. The summed E-state index contributed by atoms with van der Waals surface area (Å²) in [6.45, 7) is 0. The summed E-state index contributed by atoms with van der Waals surface area (Å²) in [6.07, 6.45) is 1.49. The van der Waals surface area contributed by atoms with Crippen LogP contribution in [0.3, 0.4) is 0 Å². The second kappa shape index (κ2) is 5.27. The molecule has 14 heavy (non-hydrogen) atoms. The van der Waals surface area contributed by atoms with Gasteiger partial charge in [0.2, 0.25) is 0 Å². The quantitative estimate of drug-likeness (QED) is 0.760. The maximum absolute atomic E-state index is 8.59. The van der Waals surface area contributed by atoms with Crippen molar-refractivity contribution in [1.82, 2.24) is 0 Å². The molecule has 0 atom stereocenters. The number of benzene rings is 1. The lowest BCUT2D eigenvalue weighted by Gasteiger charge is -2.04. The minimum absolute atomic E-state index is 0.373. The number of hydrogen-bond donors (Lipinski definition) is 0. The van der Waals surface area contributed by atoms with Crippen LogP contribution < -0.4 is 0 Å². The van der Waals surface area contributed by atoms with Gasteiger partial charge in [-0.2, -0.15) is 10.5 Å². The van der Waals surface area contributed by atoms with Crippen LogP contribution in [0.2, 0.25) is 5.02 Å². The molecule has 0 heterocycles. The Balaban J connectivity index is 2.93. The van der Waals surface area contributed by atoms with E-state index in [4.69, 9.17) is 22.1 Å². The first kappa shape index (κ1) is 10.6. The molecule has 0 saturated heterocycles. The molecule has 0 spiro atoms. The Hall–Kier alpha value is -1.51. The highest BCUT2D eigenvalue weighted by atomic mass is 35.5. The molecule has 0 aliphatic heterocycles. The summed E-state index contributed by atoms with van der Waals surface area (Å²) >= 11 is 5.83. The summed E-state index contributed by atoms with van der Waals surface area (Å²) in [5.74, 6) is 0. The van der Waals surface area contributed by atoms with E-state index in [9.17, 15) is 0 Å². The fourth-order valence-corrected chi connectivity index (χ4v) is 1.47. The third-order valence-electron chi connectivity index (χ3n) is 1.94. The van der Waals surface area contributed by atoms with E-state index in [1.165, 1.54) is 0 Å². The molecular formula is C11H9ClN2. The summed E-state index contributed by atoms with van der Waals surface area (Å²) in [6, 6.07) is 9.61. The van der Waals surface area contributed by atoms with Gasteiger partial charge in [-0.15, -0.1) is 0 Å². The number of aryl methyl sites for hydroxylation is 1. The van der Waals surface area contributed by atoms with Gasteiger partial charge in [-0.25, -0.2) is 0 Å². The predicted octanol–water partition coefficient (Wildman–Crippen LogP) is 2.86. The predicted molar refractivity (Wildman–Crippen MR) is 54.7 cm³/mol. The van der Waals surface area contributed by atoms with Crippen LogP contribution in [0.5, 0.6) is 0 Å². The van der Waals surface area contributed by atoms with Crippen molar-refractivity contribution in [1.29, 1.82) is 10.5 Å². The van der Waals surface area contributed by atoms with Crippen molar-refractivity contribution in [2.75, 3.05) is 0 Å². The lowest BCUT2D eigenvalue weighted by Crippen LogP contribution is -1.93. The SMILES string of the molecule is N#CCCc1cc(Cl)ccc1CC#N. The van der Waals surface area contributed by atoms with Crippen LogP contribution >= 0.6 is 11.6 Å². The molecule has 0 unspecified atom stereocenters. The fourth-order valence-electron chi connectivity index (χ4n) is 1.28. The van der Waals surface area contributed by atoms with Gasteiger partial charge in [0.15, 0.2) is 0 Å². The van der Waals surface area contributed by atoms with Gasteiger partial charge in [-0.3, -0.25) is 0 Å². The lowest BCUT2D eigenvalue weighted by molar-refractivity contribution is 0.985. The van der Waals surface area contributed by atoms with Crippen LogP contribution in [0.1, 0.15) is 17.5 Å². The number of halogens is 1. The topological polar surface area (TPSA) is 47.6 Å². The molecule has 0 radical (unpaired) electrons. The van der Waals surface area contributed by atoms with Crippen LogP contribution in [-0.2, 0) is 12.8 Å². The van der Waals surface area contributed by atoms with Crippen LogP contribution in [0.25, 0.3) is 0 Å². The zero-order chi connectivity index (χ0) is 10.4. The maximum Gasteiger partial charge on any atom is 0.0669 e. The molecule has 70 valence electrons. The number of nitriles is 2. The van der Waals surface area contributed by atoms with Crippen molar-refractivity contribution in [3.05, 3.63) is 34.3 Å². The summed E-state index contributed by atoms with van der Waals surface area (Å²) in [5.41, 5.74) is 1.97. The van der Waals surface area contributed by atoms with E-state index in [-0.39, 0.29) is 0 Å². The largest absolute Gasteiger partial charge is 0.198 e.